The molecule has 1 aliphatic heterocycles. The zero-order valence-electron chi connectivity index (χ0n) is 21.1. The molecular formula is C28H31ClN2O5S. The van der Waals surface area contributed by atoms with Gasteiger partial charge < -0.3 is 14.8 Å². The molecule has 196 valence electrons. The second-order valence-corrected chi connectivity index (χ2v) is 11.3. The lowest BCUT2D eigenvalue weighted by atomic mass is 9.83. The number of sulfonamides is 1. The van der Waals surface area contributed by atoms with Crippen molar-refractivity contribution in [1.29, 1.82) is 0 Å². The van der Waals surface area contributed by atoms with Crippen molar-refractivity contribution in [3.05, 3.63) is 83.4 Å². The van der Waals surface area contributed by atoms with Gasteiger partial charge in [-0.05, 0) is 67.4 Å². The number of methoxy groups -OCH3 is 1. The molecule has 9 heteroatoms. The molecule has 0 spiro atoms. The number of halogens is 1. The number of fused-ring (bicyclic) bond motifs is 1. The maximum Gasteiger partial charge on any atom is 0.264 e. The molecule has 0 saturated heterocycles. The minimum absolute atomic E-state index is 0.0449. The fourth-order valence-corrected chi connectivity index (χ4v) is 6.14. The quantitative estimate of drug-likeness (QED) is 0.372. The molecule has 1 aliphatic rings. The van der Waals surface area contributed by atoms with E-state index in [1.165, 1.54) is 19.2 Å². The van der Waals surface area contributed by atoms with Crippen molar-refractivity contribution in [2.75, 3.05) is 18.0 Å². The molecule has 0 saturated carbocycles. The molecule has 1 heterocycles. The Morgan fingerprint density at radius 1 is 1.05 bits per heavy atom. The minimum Gasteiger partial charge on any atom is -0.497 e. The fraction of sp³-hybridized carbons (Fsp3) is 0.321. The summed E-state index contributed by atoms with van der Waals surface area (Å²) in [6, 6.07) is 19.7. The SMILES string of the molecule is CCC1(CC)C[C@H](NC(=O)CN(c2ccc(Cl)cc2)S(=O)(=O)c2ccc(OC)cc2)c2ccccc2O1. The number of nitrogens with zero attached hydrogens (tertiary/aromatic N) is 1. The Balaban J connectivity index is 1.64. The van der Waals surface area contributed by atoms with Crippen LogP contribution in [0.25, 0.3) is 0 Å². The van der Waals surface area contributed by atoms with Crippen molar-refractivity contribution >= 4 is 33.2 Å². The lowest BCUT2D eigenvalue weighted by Crippen LogP contribution is -2.47. The van der Waals surface area contributed by atoms with Crippen LogP contribution >= 0.6 is 11.6 Å². The van der Waals surface area contributed by atoms with Gasteiger partial charge in [0.1, 0.15) is 23.6 Å². The third-order valence-corrected chi connectivity index (χ3v) is 8.91. The Kier molecular flexibility index (Phi) is 7.99. The largest absolute Gasteiger partial charge is 0.497 e. The van der Waals surface area contributed by atoms with E-state index in [4.69, 9.17) is 21.1 Å². The molecule has 7 nitrogen and oxygen atoms in total. The summed E-state index contributed by atoms with van der Waals surface area (Å²) in [6.45, 7) is 3.74. The van der Waals surface area contributed by atoms with Crippen LogP contribution in [0.4, 0.5) is 5.69 Å². The molecule has 0 radical (unpaired) electrons. The smallest absolute Gasteiger partial charge is 0.264 e. The van der Waals surface area contributed by atoms with Gasteiger partial charge in [-0.3, -0.25) is 9.10 Å². The number of hydrogen-bond acceptors (Lipinski definition) is 5. The van der Waals surface area contributed by atoms with Crippen LogP contribution < -0.4 is 19.1 Å². The van der Waals surface area contributed by atoms with Gasteiger partial charge in [0.25, 0.3) is 10.0 Å². The molecule has 3 aromatic rings. The first kappa shape index (κ1) is 26.8. The second kappa shape index (κ2) is 11.0. The normalized spacial score (nSPS) is 16.3. The van der Waals surface area contributed by atoms with E-state index in [2.05, 4.69) is 19.2 Å². The van der Waals surface area contributed by atoms with Crippen LogP contribution in [0.1, 0.15) is 44.7 Å². The van der Waals surface area contributed by atoms with Gasteiger partial charge in [0.05, 0.1) is 23.7 Å². The number of anilines is 1. The third-order valence-electron chi connectivity index (χ3n) is 6.87. The van der Waals surface area contributed by atoms with E-state index in [9.17, 15) is 13.2 Å². The van der Waals surface area contributed by atoms with Crippen molar-refractivity contribution < 1.29 is 22.7 Å². The molecule has 0 bridgehead atoms. The topological polar surface area (TPSA) is 84.9 Å². The number of ether oxygens (including phenoxy) is 2. The highest BCUT2D eigenvalue weighted by Crippen LogP contribution is 2.42. The van der Waals surface area contributed by atoms with Crippen LogP contribution in [0, 0.1) is 0 Å². The van der Waals surface area contributed by atoms with Gasteiger partial charge in [0.15, 0.2) is 0 Å². The molecule has 0 fully saturated rings. The summed E-state index contributed by atoms with van der Waals surface area (Å²) in [5.41, 5.74) is 0.806. The minimum atomic E-state index is -4.07. The van der Waals surface area contributed by atoms with Crippen molar-refractivity contribution in [3.8, 4) is 11.5 Å². The molecule has 1 atom stereocenters. The van der Waals surface area contributed by atoms with Gasteiger partial charge >= 0.3 is 0 Å². The first-order valence-corrected chi connectivity index (χ1v) is 14.0. The number of amides is 1. The van der Waals surface area contributed by atoms with Crippen LogP contribution in [0.2, 0.25) is 5.02 Å². The van der Waals surface area contributed by atoms with E-state index >= 15 is 0 Å². The van der Waals surface area contributed by atoms with Crippen molar-refractivity contribution in [2.24, 2.45) is 0 Å². The first-order chi connectivity index (χ1) is 17.7. The van der Waals surface area contributed by atoms with Crippen LogP contribution in [-0.4, -0.2) is 33.6 Å². The molecule has 3 aromatic carbocycles. The van der Waals surface area contributed by atoms with E-state index in [0.29, 0.717) is 22.9 Å². The molecule has 37 heavy (non-hydrogen) atoms. The lowest BCUT2D eigenvalue weighted by Gasteiger charge is -2.41. The molecule has 0 aromatic heterocycles. The highest BCUT2D eigenvalue weighted by atomic mass is 35.5. The average Bonchev–Trinajstić information content (AvgIpc) is 2.92. The van der Waals surface area contributed by atoms with Crippen molar-refractivity contribution in [3.63, 3.8) is 0 Å². The molecule has 0 unspecified atom stereocenters. The number of carbonyl (C=O) groups excluding carboxylic acids is 1. The van der Waals surface area contributed by atoms with E-state index in [1.807, 2.05) is 24.3 Å². The number of carbonyl (C=O) groups is 1. The lowest BCUT2D eigenvalue weighted by molar-refractivity contribution is -0.121. The monoisotopic (exact) mass is 542 g/mol. The number of hydrogen-bond donors (Lipinski definition) is 1. The summed E-state index contributed by atoms with van der Waals surface area (Å²) in [5, 5.41) is 3.54. The van der Waals surface area contributed by atoms with Crippen LogP contribution in [0.15, 0.2) is 77.7 Å². The van der Waals surface area contributed by atoms with E-state index in [1.54, 1.807) is 36.4 Å². The summed E-state index contributed by atoms with van der Waals surface area (Å²) in [6.07, 6.45) is 2.16. The molecule has 1 N–H and O–H groups in total. The molecule has 4 rings (SSSR count). The Bertz CT molecular complexity index is 1340. The fourth-order valence-electron chi connectivity index (χ4n) is 4.60. The zero-order chi connectivity index (χ0) is 26.6. The van der Waals surface area contributed by atoms with Gasteiger partial charge in [-0.1, -0.05) is 43.6 Å². The van der Waals surface area contributed by atoms with E-state index in [-0.39, 0.29) is 10.9 Å². The predicted molar refractivity (Wildman–Crippen MR) is 145 cm³/mol. The van der Waals surface area contributed by atoms with Crippen molar-refractivity contribution in [2.45, 2.75) is 49.6 Å². The molecule has 1 amide bonds. The van der Waals surface area contributed by atoms with Gasteiger partial charge in [-0.2, -0.15) is 0 Å². The van der Waals surface area contributed by atoms with Crippen LogP contribution in [-0.2, 0) is 14.8 Å². The van der Waals surface area contributed by atoms with Gasteiger partial charge in [-0.25, -0.2) is 8.42 Å². The third kappa shape index (κ3) is 5.70. The highest BCUT2D eigenvalue weighted by molar-refractivity contribution is 7.92. The highest BCUT2D eigenvalue weighted by Gasteiger charge is 2.39. The van der Waals surface area contributed by atoms with Crippen molar-refractivity contribution in [1.82, 2.24) is 5.32 Å². The number of nitrogens with one attached hydrogen (secondary N) is 1. The van der Waals surface area contributed by atoms with Gasteiger partial charge in [-0.15, -0.1) is 0 Å². The van der Waals surface area contributed by atoms with Gasteiger partial charge in [0.2, 0.25) is 5.91 Å². The van der Waals surface area contributed by atoms with Crippen LogP contribution in [0.3, 0.4) is 0 Å². The zero-order valence-corrected chi connectivity index (χ0v) is 22.7. The number of benzene rings is 3. The summed E-state index contributed by atoms with van der Waals surface area (Å²) in [7, 11) is -2.56. The van der Waals surface area contributed by atoms with E-state index < -0.39 is 28.1 Å². The summed E-state index contributed by atoms with van der Waals surface area (Å²) in [5.74, 6) is 0.848. The Labute approximate surface area is 223 Å². The predicted octanol–water partition coefficient (Wildman–Crippen LogP) is 5.74. The Morgan fingerprint density at radius 3 is 2.32 bits per heavy atom. The van der Waals surface area contributed by atoms with Crippen LogP contribution in [0.5, 0.6) is 11.5 Å². The Hall–Kier alpha value is -3.23. The summed E-state index contributed by atoms with van der Waals surface area (Å²) in [4.78, 5) is 13.5. The molecule has 0 aliphatic carbocycles. The molecular weight excluding hydrogens is 512 g/mol. The Morgan fingerprint density at radius 2 is 1.70 bits per heavy atom. The van der Waals surface area contributed by atoms with Gasteiger partial charge in [0, 0.05) is 17.0 Å². The second-order valence-electron chi connectivity index (χ2n) is 9.02. The summed E-state index contributed by atoms with van der Waals surface area (Å²) < 4.78 is 40.0. The average molecular weight is 543 g/mol. The number of para-hydroxylation sites is 1. The standard InChI is InChI=1S/C28H31ClN2O5S/c1-4-28(5-2)18-25(24-8-6-7-9-26(24)36-28)30-27(32)19-31(21-12-10-20(29)11-13-21)37(33,34)23-16-14-22(35-3)15-17-23/h6-17,25H,4-5,18-19H2,1-3H3,(H,30,32)/t25-/m0/s1. The number of rotatable bonds is 9. The first-order valence-electron chi connectivity index (χ1n) is 12.2. The maximum absolute atomic E-state index is 13.7. The summed E-state index contributed by atoms with van der Waals surface area (Å²) >= 11 is 6.04. The maximum atomic E-state index is 13.7. The van der Waals surface area contributed by atoms with E-state index in [0.717, 1.165) is 28.5 Å².